The summed E-state index contributed by atoms with van der Waals surface area (Å²) in [6, 6.07) is 5.54. The molecule has 0 saturated carbocycles. The number of aromatic nitrogens is 2. The van der Waals surface area contributed by atoms with Gasteiger partial charge in [-0.15, -0.1) is 0 Å². The fraction of sp³-hybridized carbons (Fsp3) is 0.214. The molecule has 1 heterocycles. The Balaban J connectivity index is 0.000000593. The van der Waals surface area contributed by atoms with Gasteiger partial charge in [0.05, 0.1) is 17.6 Å². The highest BCUT2D eigenvalue weighted by Gasteiger charge is 2.10. The van der Waals surface area contributed by atoms with Crippen LogP contribution in [-0.2, 0) is 11.4 Å². The normalized spacial score (nSPS) is 9.43. The Morgan fingerprint density at radius 3 is 2.74 bits per heavy atom. The molecule has 0 aliphatic rings. The van der Waals surface area contributed by atoms with E-state index < -0.39 is 0 Å². The van der Waals surface area contributed by atoms with Crippen molar-refractivity contribution in [3.05, 3.63) is 47.0 Å². The maximum atomic E-state index is 8.94. The van der Waals surface area contributed by atoms with Gasteiger partial charge in [-0.05, 0) is 19.1 Å². The number of benzene rings is 1. The minimum atomic E-state index is 0.310. The first kappa shape index (κ1) is 18.6. The van der Waals surface area contributed by atoms with Crippen LogP contribution in [0.2, 0.25) is 5.02 Å². The third-order valence-corrected chi connectivity index (χ3v) is 3.13. The van der Waals surface area contributed by atoms with Crippen LogP contribution in [0, 0.1) is 6.92 Å². The quantitative estimate of drug-likeness (QED) is 0.321. The van der Waals surface area contributed by atoms with Crippen molar-refractivity contribution in [3.8, 4) is 5.75 Å². The summed E-state index contributed by atoms with van der Waals surface area (Å²) < 4.78 is 5.70. The molecule has 2 rings (SSSR count). The molecule has 0 spiro atoms. The summed E-state index contributed by atoms with van der Waals surface area (Å²) in [5.41, 5.74) is 4.18. The van der Waals surface area contributed by atoms with E-state index in [9.17, 15) is 0 Å². The van der Waals surface area contributed by atoms with Crippen molar-refractivity contribution >= 4 is 23.7 Å². The van der Waals surface area contributed by atoms with Gasteiger partial charge in [-0.2, -0.15) is 0 Å². The summed E-state index contributed by atoms with van der Waals surface area (Å²) in [6.45, 7) is 2.17. The highest BCUT2D eigenvalue weighted by molar-refractivity contribution is 6.31. The molecule has 0 aliphatic heterocycles. The molecule has 23 heavy (non-hydrogen) atoms. The second-order valence-corrected chi connectivity index (χ2v) is 4.80. The highest BCUT2D eigenvalue weighted by atomic mass is 35.5. The minimum absolute atomic E-state index is 0.310. The highest BCUT2D eigenvalue weighted by Crippen LogP contribution is 2.27. The summed E-state index contributed by atoms with van der Waals surface area (Å²) in [6.07, 6.45) is 3.52. The predicted molar refractivity (Wildman–Crippen MR) is 88.5 cm³/mol. The lowest BCUT2D eigenvalue weighted by molar-refractivity contribution is -0.109. The van der Waals surface area contributed by atoms with Crippen LogP contribution in [-0.4, -0.2) is 23.4 Å². The van der Waals surface area contributed by atoms with E-state index in [1.807, 2.05) is 25.1 Å². The first-order valence-electron chi connectivity index (χ1n) is 6.56. The molecule has 0 atom stereocenters. The Hall–Kier alpha value is -2.42. The fourth-order valence-corrected chi connectivity index (χ4v) is 1.91. The van der Waals surface area contributed by atoms with Crippen molar-refractivity contribution in [2.75, 3.05) is 12.1 Å². The van der Waals surface area contributed by atoms with E-state index in [2.05, 4.69) is 15.8 Å². The maximum absolute atomic E-state index is 8.94. The van der Waals surface area contributed by atoms with E-state index in [-0.39, 0.29) is 0 Å². The van der Waals surface area contributed by atoms with Gasteiger partial charge in [0.25, 0.3) is 0 Å². The zero-order valence-corrected chi connectivity index (χ0v) is 13.6. The number of ether oxygens (including phenoxy) is 1. The van der Waals surface area contributed by atoms with Gasteiger partial charge in [0.1, 0.15) is 12.9 Å². The fourth-order valence-electron chi connectivity index (χ4n) is 1.69. The molecule has 124 valence electrons. The molecule has 2 aromatic rings. The number of anilines is 1. The molecule has 5 N–H and O–H groups in total. The van der Waals surface area contributed by atoms with Crippen LogP contribution < -0.4 is 26.9 Å². The molecule has 0 radical (unpaired) electrons. The lowest BCUT2D eigenvalue weighted by atomic mass is 10.2. The number of amides is 1. The van der Waals surface area contributed by atoms with E-state index >= 15 is 0 Å². The third kappa shape index (κ3) is 5.70. The SMILES string of the molecule is Cc1ncncc1OCc1c(Cl)cccc1N(C)N.NNC=O. The molecule has 1 aromatic carbocycles. The van der Waals surface area contributed by atoms with Gasteiger partial charge in [0.2, 0.25) is 6.41 Å². The molecule has 1 aromatic heterocycles. The van der Waals surface area contributed by atoms with E-state index in [1.54, 1.807) is 18.7 Å². The number of nitrogens with zero attached hydrogens (tertiary/aromatic N) is 3. The molecular weight excluding hydrogens is 320 g/mol. The van der Waals surface area contributed by atoms with Crippen molar-refractivity contribution in [1.82, 2.24) is 15.4 Å². The number of hydrazine groups is 2. The molecule has 0 aliphatic carbocycles. The van der Waals surface area contributed by atoms with Crippen molar-refractivity contribution in [2.45, 2.75) is 13.5 Å². The van der Waals surface area contributed by atoms with E-state index in [1.165, 1.54) is 11.3 Å². The van der Waals surface area contributed by atoms with Crippen LogP contribution in [0.15, 0.2) is 30.7 Å². The lowest BCUT2D eigenvalue weighted by Gasteiger charge is -2.18. The van der Waals surface area contributed by atoms with Crippen molar-refractivity contribution < 1.29 is 9.53 Å². The Bertz CT molecular complexity index is 638. The van der Waals surface area contributed by atoms with Gasteiger partial charge < -0.3 is 9.75 Å². The largest absolute Gasteiger partial charge is 0.485 e. The number of rotatable bonds is 5. The number of hydrogen-bond donors (Lipinski definition) is 3. The zero-order valence-electron chi connectivity index (χ0n) is 12.9. The molecule has 0 fully saturated rings. The summed E-state index contributed by atoms with van der Waals surface area (Å²) in [7, 11) is 1.76. The first-order valence-corrected chi connectivity index (χ1v) is 6.94. The topological polar surface area (TPSA) is 119 Å². The van der Waals surface area contributed by atoms with Crippen LogP contribution in [0.25, 0.3) is 0 Å². The minimum Gasteiger partial charge on any atom is -0.485 e. The smallest absolute Gasteiger partial charge is 0.221 e. The van der Waals surface area contributed by atoms with Gasteiger partial charge in [-0.3, -0.25) is 10.2 Å². The van der Waals surface area contributed by atoms with Crippen molar-refractivity contribution in [1.29, 1.82) is 0 Å². The van der Waals surface area contributed by atoms with Crippen LogP contribution in [0.5, 0.6) is 5.75 Å². The number of nitrogens with one attached hydrogen (secondary N) is 1. The van der Waals surface area contributed by atoms with E-state index in [4.69, 9.17) is 27.0 Å². The van der Waals surface area contributed by atoms with E-state index in [0.29, 0.717) is 23.8 Å². The predicted octanol–water partition coefficient (Wildman–Crippen LogP) is 0.933. The third-order valence-electron chi connectivity index (χ3n) is 2.78. The summed E-state index contributed by atoms with van der Waals surface area (Å²) in [4.78, 5) is 16.9. The van der Waals surface area contributed by atoms with Crippen LogP contribution >= 0.6 is 11.6 Å². The Kier molecular flexibility index (Phi) is 7.75. The number of carbonyl (C=O) groups excluding carboxylic acids is 1. The number of nitrogens with two attached hydrogens (primary N) is 2. The van der Waals surface area contributed by atoms with Gasteiger partial charge >= 0.3 is 0 Å². The number of hydrogen-bond acceptors (Lipinski definition) is 7. The number of halogens is 1. The molecule has 9 heteroatoms. The second kappa shape index (κ2) is 9.57. The zero-order chi connectivity index (χ0) is 17.2. The Morgan fingerprint density at radius 2 is 2.17 bits per heavy atom. The molecule has 1 amide bonds. The average Bonchev–Trinajstić information content (AvgIpc) is 2.55. The molecule has 0 saturated heterocycles. The van der Waals surface area contributed by atoms with Gasteiger partial charge in [-0.25, -0.2) is 21.7 Å². The maximum Gasteiger partial charge on any atom is 0.221 e. The number of aryl methyl sites for hydroxylation is 1. The van der Waals surface area contributed by atoms with Crippen LogP contribution in [0.3, 0.4) is 0 Å². The van der Waals surface area contributed by atoms with Crippen LogP contribution in [0.4, 0.5) is 5.69 Å². The molecule has 0 bridgehead atoms. The average molecular weight is 339 g/mol. The monoisotopic (exact) mass is 338 g/mol. The van der Waals surface area contributed by atoms with Gasteiger partial charge in [-0.1, -0.05) is 17.7 Å². The van der Waals surface area contributed by atoms with E-state index in [0.717, 1.165) is 16.9 Å². The van der Waals surface area contributed by atoms with Crippen molar-refractivity contribution in [3.63, 3.8) is 0 Å². The summed E-state index contributed by atoms with van der Waals surface area (Å²) >= 11 is 6.19. The van der Waals surface area contributed by atoms with Gasteiger partial charge in [0.15, 0.2) is 5.75 Å². The Morgan fingerprint density at radius 1 is 1.48 bits per heavy atom. The standard InChI is InChI=1S/C13H15ClN4O.CH4N2O/c1-9-13(6-16-8-17-9)19-7-10-11(14)4-3-5-12(10)18(2)15;2-3-1-4/h3-6,8H,7,15H2,1-2H3;1H,2H2,(H,3,4). The summed E-state index contributed by atoms with van der Waals surface area (Å²) in [5, 5.41) is 2.13. The van der Waals surface area contributed by atoms with Crippen molar-refractivity contribution in [2.24, 2.45) is 11.7 Å². The molecule has 0 unspecified atom stereocenters. The number of carbonyl (C=O) groups is 1. The van der Waals surface area contributed by atoms with Gasteiger partial charge in [0, 0.05) is 17.6 Å². The molecule has 8 nitrogen and oxygen atoms in total. The lowest BCUT2D eigenvalue weighted by Crippen LogP contribution is -2.26. The Labute approximate surface area is 139 Å². The summed E-state index contributed by atoms with van der Waals surface area (Å²) in [5.74, 6) is 10.8. The van der Waals surface area contributed by atoms with Crippen LogP contribution in [0.1, 0.15) is 11.3 Å². The molecular formula is C14H19ClN6O2. The second-order valence-electron chi connectivity index (χ2n) is 4.39. The first-order chi connectivity index (χ1) is 11.0.